The van der Waals surface area contributed by atoms with Gasteiger partial charge in [-0.05, 0) is 87.1 Å². The van der Waals surface area contributed by atoms with Crippen LogP contribution in [0.25, 0.3) is 6.08 Å². The number of carboxylic acid groups (broad SMARTS) is 1. The number of carboxylic acids is 1. The second-order valence-corrected chi connectivity index (χ2v) is 8.49. The Morgan fingerprint density at radius 3 is 2.54 bits per heavy atom. The molecule has 2 rings (SSSR count). The number of ether oxygens (including phenoxy) is 2. The highest BCUT2D eigenvalue weighted by Gasteiger charge is 2.34. The van der Waals surface area contributed by atoms with Gasteiger partial charge in [-0.15, -0.1) is 0 Å². The van der Waals surface area contributed by atoms with E-state index in [9.17, 15) is 14.4 Å². The van der Waals surface area contributed by atoms with E-state index in [2.05, 4.69) is 0 Å². The van der Waals surface area contributed by atoms with Gasteiger partial charge in [0.05, 0.1) is 12.0 Å². The summed E-state index contributed by atoms with van der Waals surface area (Å²) in [7, 11) is 1.57. The molecular weight excluding hydrogens is 588 g/mol. The van der Waals surface area contributed by atoms with Crippen molar-refractivity contribution in [3.63, 3.8) is 0 Å². The van der Waals surface area contributed by atoms with Crippen molar-refractivity contribution in [3.8, 4) is 5.75 Å². The zero-order valence-electron chi connectivity index (χ0n) is 13.7. The molecule has 1 aliphatic rings. The molecule has 0 radical (unpaired) electrons. The third-order valence-electron chi connectivity index (χ3n) is 3.26. The first kappa shape index (κ1) is 21.4. The maximum atomic E-state index is 12.4. The highest BCUT2D eigenvalue weighted by atomic mass is 127. The second kappa shape index (κ2) is 9.90. The molecule has 140 valence electrons. The topological polar surface area (TPSA) is 93.1 Å². The van der Waals surface area contributed by atoms with Crippen molar-refractivity contribution >= 4 is 80.1 Å². The molecule has 7 nitrogen and oxygen atoms in total. The summed E-state index contributed by atoms with van der Waals surface area (Å²) in [5.74, 6) is -0.881. The summed E-state index contributed by atoms with van der Waals surface area (Å²) in [6.45, 7) is 0.383. The third kappa shape index (κ3) is 5.57. The molecule has 0 aliphatic carbocycles. The number of methoxy groups -OCH3 is 1. The van der Waals surface area contributed by atoms with Crippen molar-refractivity contribution in [1.82, 2.24) is 4.90 Å². The maximum Gasteiger partial charge on any atom is 0.341 e. The predicted molar refractivity (Wildman–Crippen MR) is 114 cm³/mol. The van der Waals surface area contributed by atoms with Gasteiger partial charge in [-0.25, -0.2) is 4.79 Å². The minimum absolute atomic E-state index is 0.289. The van der Waals surface area contributed by atoms with Gasteiger partial charge in [-0.3, -0.25) is 14.5 Å². The van der Waals surface area contributed by atoms with Gasteiger partial charge in [-0.2, -0.15) is 0 Å². The molecule has 1 aliphatic heterocycles. The highest BCUT2D eigenvalue weighted by molar-refractivity contribution is 14.1. The molecule has 2 amide bonds. The van der Waals surface area contributed by atoms with Crippen LogP contribution >= 0.6 is 56.9 Å². The lowest BCUT2D eigenvalue weighted by Gasteiger charge is -2.11. The zero-order chi connectivity index (χ0) is 19.3. The highest BCUT2D eigenvalue weighted by Crippen LogP contribution is 2.34. The quantitative estimate of drug-likeness (QED) is 0.277. The van der Waals surface area contributed by atoms with Crippen LogP contribution in [-0.2, 0) is 14.3 Å². The number of carbonyl (C=O) groups excluding carboxylic acids is 2. The van der Waals surface area contributed by atoms with Crippen LogP contribution < -0.4 is 4.74 Å². The van der Waals surface area contributed by atoms with Gasteiger partial charge in [0.15, 0.2) is 6.61 Å². The molecule has 0 saturated carbocycles. The lowest BCUT2D eigenvalue weighted by molar-refractivity contribution is -0.139. The molecule has 1 fully saturated rings. The normalized spacial score (nSPS) is 15.8. The van der Waals surface area contributed by atoms with Crippen LogP contribution in [0.5, 0.6) is 5.75 Å². The summed E-state index contributed by atoms with van der Waals surface area (Å²) >= 11 is 5.00. The molecule has 0 spiro atoms. The molecule has 1 aromatic carbocycles. The molecule has 0 unspecified atom stereocenters. The van der Waals surface area contributed by atoms with E-state index in [-0.39, 0.29) is 11.1 Å². The number of hydrogen-bond donors (Lipinski definition) is 1. The first-order valence-corrected chi connectivity index (χ1v) is 10.4. The van der Waals surface area contributed by atoms with Crippen molar-refractivity contribution in [1.29, 1.82) is 0 Å². The van der Waals surface area contributed by atoms with Gasteiger partial charge in [0.2, 0.25) is 0 Å². The number of thioether (sulfide) groups is 1. The largest absolute Gasteiger partial charge is 0.480 e. The van der Waals surface area contributed by atoms with E-state index in [1.54, 1.807) is 25.3 Å². The van der Waals surface area contributed by atoms with Crippen LogP contribution in [0.1, 0.15) is 12.0 Å². The fraction of sp³-hybridized carbons (Fsp3) is 0.312. The van der Waals surface area contributed by atoms with Gasteiger partial charge in [0.1, 0.15) is 5.75 Å². The number of hydrogen-bond acceptors (Lipinski definition) is 6. The Morgan fingerprint density at radius 2 is 1.96 bits per heavy atom. The van der Waals surface area contributed by atoms with Gasteiger partial charge in [0.25, 0.3) is 11.1 Å². The van der Waals surface area contributed by atoms with Crippen LogP contribution in [0.2, 0.25) is 0 Å². The monoisotopic (exact) mass is 603 g/mol. The summed E-state index contributed by atoms with van der Waals surface area (Å²) in [5, 5.41) is 8.44. The lowest BCUT2D eigenvalue weighted by atomic mass is 10.2. The Hall–Kier alpha value is -0.860. The fourth-order valence-corrected chi connectivity index (χ4v) is 5.14. The number of rotatable bonds is 8. The van der Waals surface area contributed by atoms with Crippen LogP contribution in [-0.4, -0.2) is 54.0 Å². The lowest BCUT2D eigenvalue weighted by Crippen LogP contribution is -2.29. The number of amides is 2. The van der Waals surface area contributed by atoms with Gasteiger partial charge in [0, 0.05) is 20.3 Å². The zero-order valence-corrected chi connectivity index (χ0v) is 18.8. The second-order valence-electron chi connectivity index (χ2n) is 5.18. The Kier molecular flexibility index (Phi) is 8.16. The molecule has 0 atom stereocenters. The molecule has 1 heterocycles. The number of aliphatic carboxylic acids is 1. The first-order valence-electron chi connectivity index (χ1n) is 7.41. The predicted octanol–water partition coefficient (Wildman–Crippen LogP) is 3.43. The van der Waals surface area contributed by atoms with Crippen LogP contribution in [0, 0.1) is 7.14 Å². The summed E-state index contributed by atoms with van der Waals surface area (Å²) in [4.78, 5) is 36.7. The molecule has 0 bridgehead atoms. The number of nitrogens with zero attached hydrogens (tertiary/aromatic N) is 1. The average Bonchev–Trinajstić information content (AvgIpc) is 2.81. The van der Waals surface area contributed by atoms with Gasteiger partial charge < -0.3 is 14.6 Å². The average molecular weight is 603 g/mol. The number of halogens is 2. The fourth-order valence-electron chi connectivity index (χ4n) is 2.15. The van der Waals surface area contributed by atoms with Gasteiger partial charge in [-0.1, -0.05) is 0 Å². The Bertz CT molecular complexity index is 744. The van der Waals surface area contributed by atoms with Crippen LogP contribution in [0.4, 0.5) is 4.79 Å². The maximum absolute atomic E-state index is 12.4. The van der Waals surface area contributed by atoms with Crippen LogP contribution in [0.15, 0.2) is 17.0 Å². The number of carbonyl (C=O) groups is 3. The number of benzene rings is 1. The van der Waals surface area contributed by atoms with E-state index >= 15 is 0 Å². The SMILES string of the molecule is COCCCN1C(=O)S/C(=C/c2cc(I)c(OCC(=O)O)c(I)c2)C1=O. The van der Waals surface area contributed by atoms with E-state index in [1.807, 2.05) is 45.2 Å². The Labute approximate surface area is 181 Å². The minimum Gasteiger partial charge on any atom is -0.480 e. The molecule has 26 heavy (non-hydrogen) atoms. The smallest absolute Gasteiger partial charge is 0.341 e. The molecule has 10 heteroatoms. The molecular formula is C16H15I2NO6S. The van der Waals surface area contributed by atoms with Crippen LogP contribution in [0.3, 0.4) is 0 Å². The van der Waals surface area contributed by atoms with E-state index in [4.69, 9.17) is 14.6 Å². The minimum atomic E-state index is -1.05. The van der Waals surface area contributed by atoms with E-state index in [0.29, 0.717) is 30.2 Å². The van der Waals surface area contributed by atoms with Crippen molar-refractivity contribution in [3.05, 3.63) is 29.7 Å². The standard InChI is InChI=1S/C16H15I2NO6S/c1-24-4-2-3-19-15(22)12(26-16(19)23)7-9-5-10(17)14(11(18)6-9)25-8-13(20)21/h5-7H,2-4,8H2,1H3,(H,20,21)/b12-7+. The van der Waals surface area contributed by atoms with E-state index < -0.39 is 12.6 Å². The van der Waals surface area contributed by atoms with E-state index in [1.165, 1.54) is 4.90 Å². The van der Waals surface area contributed by atoms with Gasteiger partial charge >= 0.3 is 5.97 Å². The molecule has 1 N–H and O–H groups in total. The molecule has 1 saturated heterocycles. The van der Waals surface area contributed by atoms with Crippen molar-refractivity contribution in [2.45, 2.75) is 6.42 Å². The van der Waals surface area contributed by atoms with E-state index in [0.717, 1.165) is 24.5 Å². The van der Waals surface area contributed by atoms with Crippen molar-refractivity contribution < 1.29 is 29.0 Å². The number of imide groups is 1. The molecule has 1 aromatic rings. The summed E-state index contributed by atoms with van der Waals surface area (Å²) in [6.07, 6.45) is 2.25. The Balaban J connectivity index is 2.18. The summed E-state index contributed by atoms with van der Waals surface area (Å²) in [6, 6.07) is 3.55. The first-order chi connectivity index (χ1) is 12.3. The summed E-state index contributed by atoms with van der Waals surface area (Å²) in [5.41, 5.74) is 0.740. The van der Waals surface area contributed by atoms with Crippen molar-refractivity contribution in [2.75, 3.05) is 26.9 Å². The molecule has 0 aromatic heterocycles. The van der Waals surface area contributed by atoms with Crippen molar-refractivity contribution in [2.24, 2.45) is 0 Å². The summed E-state index contributed by atoms with van der Waals surface area (Å²) < 4.78 is 11.7. The Morgan fingerprint density at radius 1 is 1.31 bits per heavy atom. The third-order valence-corrected chi connectivity index (χ3v) is 5.77.